The number of nitrogens with one attached hydrogen (secondary N) is 1. The van der Waals surface area contributed by atoms with E-state index in [0.717, 1.165) is 51.9 Å². The number of fused-ring (bicyclic) bond motifs is 2. The summed E-state index contributed by atoms with van der Waals surface area (Å²) in [5.41, 5.74) is 0. The van der Waals surface area contributed by atoms with Crippen LogP contribution in [-0.4, -0.2) is 49.2 Å². The van der Waals surface area contributed by atoms with Crippen molar-refractivity contribution >= 4 is 5.91 Å². The predicted octanol–water partition coefficient (Wildman–Crippen LogP) is 1.16. The van der Waals surface area contributed by atoms with Crippen LogP contribution >= 0.6 is 0 Å². The summed E-state index contributed by atoms with van der Waals surface area (Å²) >= 11 is 0. The maximum Gasteiger partial charge on any atom is 0.222 e. The molecule has 3 aliphatic heterocycles. The number of nitrogens with zero attached hydrogens (tertiary/aromatic N) is 1. The minimum Gasteiger partial charge on any atom is -0.371 e. The van der Waals surface area contributed by atoms with E-state index in [1.807, 2.05) is 4.90 Å². The number of carbonyl (C=O) groups excluding carboxylic acids is 1. The lowest BCUT2D eigenvalue weighted by molar-refractivity contribution is -0.140. The van der Waals surface area contributed by atoms with Crippen LogP contribution in [-0.2, 0) is 9.53 Å². The molecule has 3 unspecified atom stereocenters. The van der Waals surface area contributed by atoms with Gasteiger partial charge in [-0.2, -0.15) is 0 Å². The Morgan fingerprint density at radius 1 is 1.22 bits per heavy atom. The Hall–Kier alpha value is -0.610. The van der Waals surface area contributed by atoms with Crippen LogP contribution in [0.2, 0.25) is 0 Å². The fraction of sp³-hybridized carbons (Fsp3) is 0.929. The molecule has 0 radical (unpaired) electrons. The number of piperidine rings is 1. The van der Waals surface area contributed by atoms with Crippen LogP contribution in [0.5, 0.6) is 0 Å². The summed E-state index contributed by atoms with van der Waals surface area (Å²) < 4.78 is 5.77. The third kappa shape index (κ3) is 2.86. The van der Waals surface area contributed by atoms with E-state index in [1.54, 1.807) is 0 Å². The molecule has 4 nitrogen and oxygen atoms in total. The Kier molecular flexibility index (Phi) is 3.85. The summed E-state index contributed by atoms with van der Waals surface area (Å²) in [5.74, 6) is 1.06. The number of hydrogen-bond acceptors (Lipinski definition) is 3. The van der Waals surface area contributed by atoms with Gasteiger partial charge in [-0.3, -0.25) is 4.79 Å². The Labute approximate surface area is 109 Å². The van der Waals surface area contributed by atoms with Gasteiger partial charge in [0.1, 0.15) is 0 Å². The van der Waals surface area contributed by atoms with E-state index in [2.05, 4.69) is 5.32 Å². The fourth-order valence-electron chi connectivity index (χ4n) is 3.47. The highest BCUT2D eigenvalue weighted by atomic mass is 16.5. The highest BCUT2D eigenvalue weighted by Crippen LogP contribution is 2.27. The highest BCUT2D eigenvalue weighted by Gasteiger charge is 2.35. The fourth-order valence-corrected chi connectivity index (χ4v) is 3.47. The summed E-state index contributed by atoms with van der Waals surface area (Å²) in [6.45, 7) is 3.91. The van der Waals surface area contributed by atoms with E-state index in [1.165, 1.54) is 12.8 Å². The van der Waals surface area contributed by atoms with Gasteiger partial charge in [0.25, 0.3) is 0 Å². The van der Waals surface area contributed by atoms with Crippen molar-refractivity contribution in [3.05, 3.63) is 0 Å². The van der Waals surface area contributed by atoms with Crippen LogP contribution in [0.25, 0.3) is 0 Å². The van der Waals surface area contributed by atoms with E-state index >= 15 is 0 Å². The lowest BCUT2D eigenvalue weighted by Gasteiger charge is -2.32. The third-order valence-electron chi connectivity index (χ3n) is 4.56. The van der Waals surface area contributed by atoms with E-state index in [9.17, 15) is 4.79 Å². The summed E-state index contributed by atoms with van der Waals surface area (Å²) in [6.07, 6.45) is 7.26. The molecule has 18 heavy (non-hydrogen) atoms. The van der Waals surface area contributed by atoms with Crippen molar-refractivity contribution in [2.24, 2.45) is 5.92 Å². The van der Waals surface area contributed by atoms with Crippen molar-refractivity contribution in [3.63, 3.8) is 0 Å². The first-order valence-corrected chi connectivity index (χ1v) is 7.45. The van der Waals surface area contributed by atoms with Crippen molar-refractivity contribution in [3.8, 4) is 0 Å². The van der Waals surface area contributed by atoms with Crippen LogP contribution < -0.4 is 5.32 Å². The Morgan fingerprint density at radius 2 is 2.00 bits per heavy atom. The molecule has 3 saturated heterocycles. The Balaban J connectivity index is 1.43. The van der Waals surface area contributed by atoms with Gasteiger partial charge in [-0.25, -0.2) is 0 Å². The monoisotopic (exact) mass is 252 g/mol. The zero-order chi connectivity index (χ0) is 12.4. The van der Waals surface area contributed by atoms with Gasteiger partial charge in [0.2, 0.25) is 5.91 Å². The molecular weight excluding hydrogens is 228 g/mol. The van der Waals surface area contributed by atoms with Gasteiger partial charge in [-0.1, -0.05) is 0 Å². The molecule has 3 rings (SSSR count). The number of carbonyl (C=O) groups is 1. The molecule has 3 atom stereocenters. The quantitative estimate of drug-likeness (QED) is 0.819. The average Bonchev–Trinajstić information content (AvgIpc) is 2.76. The van der Waals surface area contributed by atoms with E-state index in [4.69, 9.17) is 4.74 Å². The van der Waals surface area contributed by atoms with Crippen molar-refractivity contribution in [1.29, 1.82) is 0 Å². The predicted molar refractivity (Wildman–Crippen MR) is 69.3 cm³/mol. The first-order valence-electron chi connectivity index (χ1n) is 7.45. The largest absolute Gasteiger partial charge is 0.371 e. The number of likely N-dealkylation sites (tertiary alicyclic amines) is 1. The zero-order valence-corrected chi connectivity index (χ0v) is 11.1. The van der Waals surface area contributed by atoms with Crippen LogP contribution in [0.15, 0.2) is 0 Å². The second kappa shape index (κ2) is 5.57. The summed E-state index contributed by atoms with van der Waals surface area (Å²) in [4.78, 5) is 14.3. The van der Waals surface area contributed by atoms with E-state index < -0.39 is 0 Å². The van der Waals surface area contributed by atoms with Gasteiger partial charge in [0, 0.05) is 19.5 Å². The molecule has 0 saturated carbocycles. The van der Waals surface area contributed by atoms with Crippen molar-refractivity contribution in [2.45, 2.75) is 50.7 Å². The minimum atomic E-state index is 0.323. The number of ether oxygens (including phenoxy) is 1. The van der Waals surface area contributed by atoms with Gasteiger partial charge >= 0.3 is 0 Å². The number of rotatable bonds is 3. The lowest BCUT2D eigenvalue weighted by atomic mass is 9.94. The van der Waals surface area contributed by atoms with Crippen LogP contribution in [0.3, 0.4) is 0 Å². The van der Waals surface area contributed by atoms with Gasteiger partial charge in [0.05, 0.1) is 12.2 Å². The average molecular weight is 252 g/mol. The third-order valence-corrected chi connectivity index (χ3v) is 4.56. The molecule has 1 N–H and O–H groups in total. The van der Waals surface area contributed by atoms with Crippen molar-refractivity contribution in [1.82, 2.24) is 10.2 Å². The molecule has 0 spiro atoms. The molecule has 0 aromatic heterocycles. The first-order chi connectivity index (χ1) is 8.81. The zero-order valence-electron chi connectivity index (χ0n) is 11.1. The number of hydrogen-bond donors (Lipinski definition) is 1. The topological polar surface area (TPSA) is 41.6 Å². The molecular formula is C14H24N2O2. The molecule has 0 aliphatic carbocycles. The summed E-state index contributed by atoms with van der Waals surface area (Å²) in [6, 6.07) is 0. The van der Waals surface area contributed by atoms with Crippen LogP contribution in [0.1, 0.15) is 38.5 Å². The van der Waals surface area contributed by atoms with Crippen molar-refractivity contribution < 1.29 is 9.53 Å². The maximum atomic E-state index is 12.2. The number of amides is 1. The van der Waals surface area contributed by atoms with E-state index in [0.29, 0.717) is 24.0 Å². The molecule has 0 aromatic carbocycles. The second-order valence-electron chi connectivity index (χ2n) is 6.01. The molecule has 3 heterocycles. The molecule has 1 amide bonds. The molecule has 102 valence electrons. The molecule has 3 aliphatic rings. The molecule has 0 aromatic rings. The highest BCUT2D eigenvalue weighted by molar-refractivity contribution is 5.76. The summed E-state index contributed by atoms with van der Waals surface area (Å²) in [5, 5.41) is 3.42. The Morgan fingerprint density at radius 3 is 2.67 bits per heavy atom. The lowest BCUT2D eigenvalue weighted by Crippen LogP contribution is -2.46. The standard InChI is InChI=1S/C14H24N2O2/c17-14(6-3-11-2-1-7-15-8-11)16-9-12-4-5-13(10-16)18-12/h11-13,15H,1-10H2. The van der Waals surface area contributed by atoms with Gasteiger partial charge in [-0.05, 0) is 51.1 Å². The first kappa shape index (κ1) is 12.4. The van der Waals surface area contributed by atoms with Crippen LogP contribution in [0.4, 0.5) is 0 Å². The normalized spacial score (nSPS) is 35.8. The minimum absolute atomic E-state index is 0.323. The SMILES string of the molecule is O=C(CCC1CCCNC1)N1CC2CCC(C1)O2. The molecule has 2 bridgehead atoms. The van der Waals surface area contributed by atoms with Gasteiger partial charge in [0.15, 0.2) is 0 Å². The maximum absolute atomic E-state index is 12.2. The molecule has 3 fully saturated rings. The smallest absolute Gasteiger partial charge is 0.222 e. The second-order valence-corrected chi connectivity index (χ2v) is 6.01. The van der Waals surface area contributed by atoms with Gasteiger partial charge in [-0.15, -0.1) is 0 Å². The van der Waals surface area contributed by atoms with Crippen molar-refractivity contribution in [2.75, 3.05) is 26.2 Å². The Bertz CT molecular complexity index is 290. The van der Waals surface area contributed by atoms with E-state index in [-0.39, 0.29) is 0 Å². The number of morpholine rings is 1. The van der Waals surface area contributed by atoms with Gasteiger partial charge < -0.3 is 15.0 Å². The van der Waals surface area contributed by atoms with Crippen LogP contribution in [0, 0.1) is 5.92 Å². The molecule has 4 heteroatoms. The summed E-state index contributed by atoms with van der Waals surface area (Å²) in [7, 11) is 0.